The van der Waals surface area contributed by atoms with E-state index in [0.717, 1.165) is 17.7 Å². The highest BCUT2D eigenvalue weighted by molar-refractivity contribution is 5.91. The number of hydrogen-bond donors (Lipinski definition) is 1. The first-order chi connectivity index (χ1) is 9.95. The fraction of sp³-hybridized carbons (Fsp3) is 0.316. The summed E-state index contributed by atoms with van der Waals surface area (Å²) in [4.78, 5) is 12.1. The first kappa shape index (κ1) is 15.3. The highest BCUT2D eigenvalue weighted by Gasteiger charge is 2.07. The smallest absolute Gasteiger partial charge is 0.224 e. The van der Waals surface area contributed by atoms with Crippen molar-refractivity contribution in [1.82, 2.24) is 0 Å². The maximum absolute atomic E-state index is 12.1. The van der Waals surface area contributed by atoms with Crippen molar-refractivity contribution in [3.8, 4) is 0 Å². The Kier molecular flexibility index (Phi) is 4.79. The Morgan fingerprint density at radius 1 is 0.905 bits per heavy atom. The molecule has 0 aromatic heterocycles. The van der Waals surface area contributed by atoms with Crippen LogP contribution >= 0.6 is 0 Å². The normalized spacial score (nSPS) is 10.5. The van der Waals surface area contributed by atoms with Gasteiger partial charge in [-0.3, -0.25) is 4.79 Å². The van der Waals surface area contributed by atoms with Crippen LogP contribution in [0.25, 0.3) is 0 Å². The molecule has 110 valence electrons. The van der Waals surface area contributed by atoms with E-state index in [2.05, 4.69) is 50.4 Å². The van der Waals surface area contributed by atoms with E-state index in [-0.39, 0.29) is 5.91 Å². The Balaban J connectivity index is 1.96. The summed E-state index contributed by atoms with van der Waals surface area (Å²) in [6.45, 7) is 8.26. The summed E-state index contributed by atoms with van der Waals surface area (Å²) in [6.07, 6.45) is 1.29. The van der Waals surface area contributed by atoms with Crippen molar-refractivity contribution in [1.29, 1.82) is 0 Å². The van der Waals surface area contributed by atoms with Crippen molar-refractivity contribution in [3.05, 3.63) is 64.2 Å². The van der Waals surface area contributed by atoms with E-state index < -0.39 is 0 Å². The minimum Gasteiger partial charge on any atom is -0.326 e. The molecular formula is C19H23NO. The second-order valence-corrected chi connectivity index (χ2v) is 5.80. The van der Waals surface area contributed by atoms with Gasteiger partial charge in [0.1, 0.15) is 0 Å². The topological polar surface area (TPSA) is 29.1 Å². The lowest BCUT2D eigenvalue weighted by atomic mass is 10.0. The molecule has 2 rings (SSSR count). The summed E-state index contributed by atoms with van der Waals surface area (Å²) in [5.41, 5.74) is 6.99. The molecular weight excluding hydrogens is 258 g/mol. The molecule has 0 atom stereocenters. The zero-order valence-electron chi connectivity index (χ0n) is 13.3. The van der Waals surface area contributed by atoms with Crippen molar-refractivity contribution in [2.45, 2.75) is 40.5 Å². The first-order valence-corrected chi connectivity index (χ1v) is 7.39. The summed E-state index contributed by atoms with van der Waals surface area (Å²) < 4.78 is 0. The molecule has 1 N–H and O–H groups in total. The van der Waals surface area contributed by atoms with Gasteiger partial charge in [-0.25, -0.2) is 0 Å². The van der Waals surface area contributed by atoms with Gasteiger partial charge in [0.2, 0.25) is 5.91 Å². The number of aryl methyl sites for hydroxylation is 5. The molecule has 0 saturated carbocycles. The molecule has 0 saturated heterocycles. The predicted octanol–water partition coefficient (Wildman–Crippen LogP) is 4.49. The van der Waals surface area contributed by atoms with Crippen LogP contribution in [0.4, 0.5) is 5.69 Å². The van der Waals surface area contributed by atoms with Crippen molar-refractivity contribution in [3.63, 3.8) is 0 Å². The van der Waals surface area contributed by atoms with Crippen LogP contribution in [0.2, 0.25) is 0 Å². The van der Waals surface area contributed by atoms with Gasteiger partial charge in [-0.05, 0) is 56.9 Å². The van der Waals surface area contributed by atoms with Gasteiger partial charge in [0.05, 0.1) is 0 Å². The fourth-order valence-electron chi connectivity index (χ4n) is 2.54. The van der Waals surface area contributed by atoms with Crippen LogP contribution in [0.1, 0.15) is 34.2 Å². The molecule has 0 spiro atoms. The SMILES string of the molecule is Cc1ccc(CCC(=O)Nc2ccc(C)cc2C)c(C)c1. The third kappa shape index (κ3) is 4.19. The van der Waals surface area contributed by atoms with E-state index in [4.69, 9.17) is 0 Å². The molecule has 2 aromatic rings. The van der Waals surface area contributed by atoms with Crippen LogP contribution in [0.5, 0.6) is 0 Å². The van der Waals surface area contributed by atoms with Crippen LogP contribution in [0.15, 0.2) is 36.4 Å². The number of rotatable bonds is 4. The predicted molar refractivity (Wildman–Crippen MR) is 88.8 cm³/mol. The minimum absolute atomic E-state index is 0.0712. The van der Waals surface area contributed by atoms with Crippen LogP contribution in [0, 0.1) is 27.7 Å². The second kappa shape index (κ2) is 6.57. The Morgan fingerprint density at radius 2 is 1.52 bits per heavy atom. The van der Waals surface area contributed by atoms with Crippen LogP contribution in [0.3, 0.4) is 0 Å². The second-order valence-electron chi connectivity index (χ2n) is 5.80. The molecule has 2 nitrogen and oxygen atoms in total. The number of benzene rings is 2. The van der Waals surface area contributed by atoms with Crippen molar-refractivity contribution in [2.75, 3.05) is 5.32 Å². The molecule has 0 heterocycles. The standard InChI is InChI=1S/C19H23NO/c1-13-5-7-17(15(3)11-13)8-10-19(21)20-18-9-6-14(2)12-16(18)4/h5-7,9,11-12H,8,10H2,1-4H3,(H,20,21). The fourth-order valence-corrected chi connectivity index (χ4v) is 2.54. The molecule has 0 aliphatic heterocycles. The van der Waals surface area contributed by atoms with Gasteiger partial charge >= 0.3 is 0 Å². The molecule has 2 aromatic carbocycles. The van der Waals surface area contributed by atoms with Crippen molar-refractivity contribution < 1.29 is 4.79 Å². The lowest BCUT2D eigenvalue weighted by Crippen LogP contribution is -2.13. The lowest BCUT2D eigenvalue weighted by Gasteiger charge is -2.10. The molecule has 1 amide bonds. The van der Waals surface area contributed by atoms with Gasteiger partial charge in [-0.1, -0.05) is 41.5 Å². The summed E-state index contributed by atoms with van der Waals surface area (Å²) >= 11 is 0. The molecule has 0 bridgehead atoms. The molecule has 0 unspecified atom stereocenters. The van der Waals surface area contributed by atoms with E-state index >= 15 is 0 Å². The molecule has 0 aliphatic carbocycles. The Bertz CT molecular complexity index is 659. The largest absolute Gasteiger partial charge is 0.326 e. The highest BCUT2D eigenvalue weighted by Crippen LogP contribution is 2.17. The van der Waals surface area contributed by atoms with E-state index in [0.29, 0.717) is 6.42 Å². The average Bonchev–Trinajstić information content (AvgIpc) is 2.41. The van der Waals surface area contributed by atoms with Gasteiger partial charge in [0.15, 0.2) is 0 Å². The minimum atomic E-state index is 0.0712. The third-order valence-corrected chi connectivity index (χ3v) is 3.78. The number of anilines is 1. The van der Waals surface area contributed by atoms with Gasteiger partial charge in [-0.2, -0.15) is 0 Å². The molecule has 0 fully saturated rings. The molecule has 0 aliphatic rings. The van der Waals surface area contributed by atoms with Crippen LogP contribution in [-0.4, -0.2) is 5.91 Å². The van der Waals surface area contributed by atoms with Gasteiger partial charge in [0.25, 0.3) is 0 Å². The van der Waals surface area contributed by atoms with Gasteiger partial charge in [0, 0.05) is 12.1 Å². The zero-order valence-corrected chi connectivity index (χ0v) is 13.3. The van der Waals surface area contributed by atoms with Crippen molar-refractivity contribution in [2.24, 2.45) is 0 Å². The zero-order chi connectivity index (χ0) is 15.4. The van der Waals surface area contributed by atoms with E-state index in [1.807, 2.05) is 19.1 Å². The maximum atomic E-state index is 12.1. The third-order valence-electron chi connectivity index (χ3n) is 3.78. The average molecular weight is 281 g/mol. The number of hydrogen-bond acceptors (Lipinski definition) is 1. The van der Waals surface area contributed by atoms with Gasteiger partial charge < -0.3 is 5.32 Å². The summed E-state index contributed by atoms with van der Waals surface area (Å²) in [5, 5.41) is 3.00. The van der Waals surface area contributed by atoms with Crippen LogP contribution in [-0.2, 0) is 11.2 Å². The summed E-state index contributed by atoms with van der Waals surface area (Å²) in [6, 6.07) is 12.5. The maximum Gasteiger partial charge on any atom is 0.224 e. The number of amides is 1. The number of carbonyl (C=O) groups excluding carboxylic acids is 1. The van der Waals surface area contributed by atoms with Crippen LogP contribution < -0.4 is 5.32 Å². The molecule has 2 heteroatoms. The number of carbonyl (C=O) groups is 1. The Labute approximate surface area is 127 Å². The Morgan fingerprint density at radius 3 is 2.14 bits per heavy atom. The first-order valence-electron chi connectivity index (χ1n) is 7.39. The summed E-state index contributed by atoms with van der Waals surface area (Å²) in [5.74, 6) is 0.0712. The molecule has 0 radical (unpaired) electrons. The Hall–Kier alpha value is -2.09. The van der Waals surface area contributed by atoms with Gasteiger partial charge in [-0.15, -0.1) is 0 Å². The van der Waals surface area contributed by atoms with Crippen molar-refractivity contribution >= 4 is 11.6 Å². The highest BCUT2D eigenvalue weighted by atomic mass is 16.1. The van der Waals surface area contributed by atoms with E-state index in [9.17, 15) is 4.79 Å². The lowest BCUT2D eigenvalue weighted by molar-refractivity contribution is -0.116. The van der Waals surface area contributed by atoms with E-state index in [1.54, 1.807) is 0 Å². The molecule has 21 heavy (non-hydrogen) atoms. The summed E-state index contributed by atoms with van der Waals surface area (Å²) in [7, 11) is 0. The quantitative estimate of drug-likeness (QED) is 0.879. The number of nitrogens with one attached hydrogen (secondary N) is 1. The monoisotopic (exact) mass is 281 g/mol. The van der Waals surface area contributed by atoms with E-state index in [1.165, 1.54) is 22.3 Å².